The molecule has 0 saturated carbocycles. The van der Waals surface area contributed by atoms with Gasteiger partial charge in [0.25, 0.3) is 0 Å². The summed E-state index contributed by atoms with van der Waals surface area (Å²) in [7, 11) is 0. The van der Waals surface area contributed by atoms with Gasteiger partial charge in [-0.05, 0) is 38.5 Å². The molecule has 3 N–H and O–H groups in total. The van der Waals surface area contributed by atoms with Crippen LogP contribution in [0.5, 0.6) is 0 Å². The molecule has 0 spiro atoms. The molecule has 0 bridgehead atoms. The van der Waals surface area contributed by atoms with Crippen LogP contribution < -0.4 is 10.6 Å². The lowest BCUT2D eigenvalue weighted by atomic mass is 10.1. The van der Waals surface area contributed by atoms with E-state index in [4.69, 9.17) is 5.11 Å². The first kappa shape index (κ1) is 16.1. The molecule has 0 aliphatic heterocycles. The van der Waals surface area contributed by atoms with Gasteiger partial charge in [0.1, 0.15) is 0 Å². The van der Waals surface area contributed by atoms with Crippen LogP contribution in [0, 0.1) is 11.8 Å². The van der Waals surface area contributed by atoms with Crippen molar-refractivity contribution in [1.29, 1.82) is 0 Å². The molecule has 0 heterocycles. The Morgan fingerprint density at radius 1 is 1.35 bits per heavy atom. The van der Waals surface area contributed by atoms with E-state index in [2.05, 4.69) is 22.5 Å². The highest BCUT2D eigenvalue weighted by molar-refractivity contribution is 5.74. The zero-order chi connectivity index (χ0) is 15.0. The molecule has 0 aliphatic carbocycles. The average molecular weight is 274 g/mol. The maximum Gasteiger partial charge on any atom is 0.315 e. The van der Waals surface area contributed by atoms with E-state index in [9.17, 15) is 4.79 Å². The number of carbonyl (C=O) groups excluding carboxylic acids is 1. The van der Waals surface area contributed by atoms with Crippen LogP contribution in [0.3, 0.4) is 0 Å². The summed E-state index contributed by atoms with van der Waals surface area (Å²) in [5.41, 5.74) is 1.63. The zero-order valence-corrected chi connectivity index (χ0v) is 12.3. The van der Waals surface area contributed by atoms with Crippen LogP contribution in [-0.2, 0) is 6.54 Å². The van der Waals surface area contributed by atoms with Crippen LogP contribution in [0.15, 0.2) is 24.3 Å². The Balaban J connectivity index is 2.55. The highest BCUT2D eigenvalue weighted by atomic mass is 16.2. The van der Waals surface area contributed by atoms with E-state index in [-0.39, 0.29) is 18.2 Å². The van der Waals surface area contributed by atoms with Gasteiger partial charge in [0, 0.05) is 24.1 Å². The third kappa shape index (κ3) is 6.81. The van der Waals surface area contributed by atoms with Crippen molar-refractivity contribution in [2.45, 2.75) is 39.3 Å². The summed E-state index contributed by atoms with van der Waals surface area (Å²) >= 11 is 0. The van der Waals surface area contributed by atoms with Gasteiger partial charge in [-0.25, -0.2) is 4.79 Å². The second-order valence-electron chi connectivity index (χ2n) is 5.53. The SMILES string of the molecule is CC(C)(C)NC(=O)NCc1cccc(C#CCCO)c1. The van der Waals surface area contributed by atoms with Crippen LogP contribution >= 0.6 is 0 Å². The predicted octanol–water partition coefficient (Wildman–Crippen LogP) is 2.02. The van der Waals surface area contributed by atoms with E-state index in [1.54, 1.807) is 0 Å². The number of hydrogen-bond acceptors (Lipinski definition) is 2. The Morgan fingerprint density at radius 2 is 2.10 bits per heavy atom. The fourth-order valence-electron chi connectivity index (χ4n) is 1.55. The molecule has 4 heteroatoms. The minimum Gasteiger partial charge on any atom is -0.395 e. The molecule has 108 valence electrons. The number of aliphatic hydroxyl groups excluding tert-OH is 1. The van der Waals surface area contributed by atoms with E-state index >= 15 is 0 Å². The minimum atomic E-state index is -0.248. The molecule has 0 aliphatic rings. The van der Waals surface area contributed by atoms with Crippen molar-refractivity contribution >= 4 is 6.03 Å². The molecule has 4 nitrogen and oxygen atoms in total. The number of rotatable bonds is 3. The molecular weight excluding hydrogens is 252 g/mol. The molecule has 1 aromatic carbocycles. The molecule has 0 fully saturated rings. The zero-order valence-electron chi connectivity index (χ0n) is 12.3. The third-order valence-electron chi connectivity index (χ3n) is 2.34. The van der Waals surface area contributed by atoms with E-state index in [0.717, 1.165) is 11.1 Å². The molecule has 0 atom stereocenters. The number of hydrogen-bond donors (Lipinski definition) is 3. The Labute approximate surface area is 120 Å². The van der Waals surface area contributed by atoms with Gasteiger partial charge < -0.3 is 15.7 Å². The van der Waals surface area contributed by atoms with Gasteiger partial charge in [-0.3, -0.25) is 0 Å². The fourth-order valence-corrected chi connectivity index (χ4v) is 1.55. The highest BCUT2D eigenvalue weighted by Gasteiger charge is 2.12. The van der Waals surface area contributed by atoms with Crippen LogP contribution in [-0.4, -0.2) is 23.3 Å². The lowest BCUT2D eigenvalue weighted by Gasteiger charge is -2.20. The lowest BCUT2D eigenvalue weighted by molar-refractivity contribution is 0.231. The van der Waals surface area contributed by atoms with E-state index in [1.807, 2.05) is 45.0 Å². The van der Waals surface area contributed by atoms with Crippen molar-refractivity contribution in [1.82, 2.24) is 10.6 Å². The Hall–Kier alpha value is -1.99. The molecule has 0 unspecified atom stereocenters. The summed E-state index contributed by atoms with van der Waals surface area (Å²) in [5.74, 6) is 5.85. The summed E-state index contributed by atoms with van der Waals surface area (Å²) in [6.07, 6.45) is 0.469. The Bertz CT molecular complexity index is 507. The smallest absolute Gasteiger partial charge is 0.315 e. The predicted molar refractivity (Wildman–Crippen MR) is 80.1 cm³/mol. The largest absolute Gasteiger partial charge is 0.395 e. The standard InChI is InChI=1S/C16H22N2O2/c1-16(2,3)18-15(20)17-12-14-9-6-8-13(11-14)7-4-5-10-19/h6,8-9,11,19H,5,10,12H2,1-3H3,(H2,17,18,20). The number of nitrogens with one attached hydrogen (secondary N) is 2. The van der Waals surface area contributed by atoms with Crippen molar-refractivity contribution in [3.63, 3.8) is 0 Å². The molecule has 0 radical (unpaired) electrons. The van der Waals surface area contributed by atoms with Crippen LogP contribution in [0.25, 0.3) is 0 Å². The number of benzene rings is 1. The lowest BCUT2D eigenvalue weighted by Crippen LogP contribution is -2.46. The molecule has 0 aromatic heterocycles. The second kappa shape index (κ2) is 7.56. The van der Waals surface area contributed by atoms with Crippen LogP contribution in [0.2, 0.25) is 0 Å². The fraction of sp³-hybridized carbons (Fsp3) is 0.438. The number of urea groups is 1. The van der Waals surface area contributed by atoms with E-state index in [0.29, 0.717) is 13.0 Å². The van der Waals surface area contributed by atoms with E-state index in [1.165, 1.54) is 0 Å². The highest BCUT2D eigenvalue weighted by Crippen LogP contribution is 2.04. The van der Waals surface area contributed by atoms with Gasteiger partial charge in [0.15, 0.2) is 0 Å². The first-order valence-corrected chi connectivity index (χ1v) is 6.65. The number of amides is 2. The first-order valence-electron chi connectivity index (χ1n) is 6.65. The Morgan fingerprint density at radius 3 is 2.75 bits per heavy atom. The van der Waals surface area contributed by atoms with Crippen molar-refractivity contribution in [2.24, 2.45) is 0 Å². The molecule has 20 heavy (non-hydrogen) atoms. The minimum absolute atomic E-state index is 0.0707. The van der Waals surface area contributed by atoms with Crippen molar-refractivity contribution in [2.75, 3.05) is 6.61 Å². The van der Waals surface area contributed by atoms with Gasteiger partial charge in [0.05, 0.1) is 6.61 Å². The summed E-state index contributed by atoms with van der Waals surface area (Å²) in [5, 5.41) is 14.3. The van der Waals surface area contributed by atoms with Gasteiger partial charge in [-0.1, -0.05) is 24.0 Å². The van der Waals surface area contributed by atoms with Gasteiger partial charge in [0.2, 0.25) is 0 Å². The topological polar surface area (TPSA) is 61.4 Å². The molecule has 2 amide bonds. The normalized spacial score (nSPS) is 10.4. The summed E-state index contributed by atoms with van der Waals surface area (Å²) in [6, 6.07) is 7.50. The quantitative estimate of drug-likeness (QED) is 0.738. The monoisotopic (exact) mass is 274 g/mol. The summed E-state index contributed by atoms with van der Waals surface area (Å²) in [4.78, 5) is 11.6. The summed E-state index contributed by atoms with van der Waals surface area (Å²) in [6.45, 7) is 6.33. The maximum atomic E-state index is 11.6. The van der Waals surface area contributed by atoms with Crippen molar-refractivity contribution in [3.05, 3.63) is 35.4 Å². The van der Waals surface area contributed by atoms with Gasteiger partial charge >= 0.3 is 6.03 Å². The van der Waals surface area contributed by atoms with Crippen molar-refractivity contribution in [3.8, 4) is 11.8 Å². The van der Waals surface area contributed by atoms with Gasteiger partial charge in [-0.15, -0.1) is 0 Å². The number of aliphatic hydroxyl groups is 1. The second-order valence-corrected chi connectivity index (χ2v) is 5.53. The molecule has 0 saturated heterocycles. The molecule has 1 rings (SSSR count). The first-order chi connectivity index (χ1) is 9.40. The Kier molecular flexibility index (Phi) is 6.08. The van der Waals surface area contributed by atoms with Crippen LogP contribution in [0.4, 0.5) is 4.79 Å². The molecular formula is C16H22N2O2. The van der Waals surface area contributed by atoms with Crippen molar-refractivity contribution < 1.29 is 9.90 Å². The third-order valence-corrected chi connectivity index (χ3v) is 2.34. The average Bonchev–Trinajstić information content (AvgIpc) is 2.35. The molecule has 1 aromatic rings. The maximum absolute atomic E-state index is 11.6. The van der Waals surface area contributed by atoms with Crippen LogP contribution in [0.1, 0.15) is 38.3 Å². The van der Waals surface area contributed by atoms with E-state index < -0.39 is 0 Å². The number of carbonyl (C=O) groups is 1. The van der Waals surface area contributed by atoms with Gasteiger partial charge in [-0.2, -0.15) is 0 Å². The summed E-state index contributed by atoms with van der Waals surface area (Å²) < 4.78 is 0.